The highest BCUT2D eigenvalue weighted by atomic mass is 32.1. The molecule has 0 saturated heterocycles. The molecule has 0 bridgehead atoms. The maximum absolute atomic E-state index is 2.68. The molecule has 3 nitrogen and oxygen atoms in total. The summed E-state index contributed by atoms with van der Waals surface area (Å²) >= 11 is 1.94. The van der Waals surface area contributed by atoms with Crippen LogP contribution in [0, 0.1) is 13.8 Å². The maximum Gasteiger partial charge on any atom is 0.252 e. The fourth-order valence-electron chi connectivity index (χ4n) is 13.0. The van der Waals surface area contributed by atoms with Crippen molar-refractivity contribution < 1.29 is 0 Å². The molecule has 0 unspecified atom stereocenters. The molecule has 0 atom stereocenters. The molecule has 2 aliphatic heterocycles. The van der Waals surface area contributed by atoms with Crippen molar-refractivity contribution in [2.45, 2.75) is 144 Å². The van der Waals surface area contributed by atoms with Gasteiger partial charge in [-0.1, -0.05) is 175 Å². The molecular formula is C72H76BN3S. The quantitative estimate of drug-likeness (QED) is 0.154. The third-order valence-electron chi connectivity index (χ3n) is 17.6. The van der Waals surface area contributed by atoms with Crippen molar-refractivity contribution in [2.24, 2.45) is 0 Å². The van der Waals surface area contributed by atoms with Crippen LogP contribution >= 0.6 is 11.3 Å². The van der Waals surface area contributed by atoms with Crippen molar-refractivity contribution in [3.05, 3.63) is 203 Å². The number of fused-ring (bicyclic) bond motifs is 6. The molecule has 12 rings (SSSR count). The zero-order chi connectivity index (χ0) is 54.3. The number of anilines is 9. The van der Waals surface area contributed by atoms with Gasteiger partial charge in [0.25, 0.3) is 6.71 Å². The Balaban J connectivity index is 1.22. The number of benzene rings is 8. The van der Waals surface area contributed by atoms with Crippen LogP contribution in [0.1, 0.15) is 142 Å². The first-order valence-electron chi connectivity index (χ1n) is 28.2. The number of hydrogen-bond donors (Lipinski definition) is 0. The predicted molar refractivity (Wildman–Crippen MR) is 337 cm³/mol. The Morgan fingerprint density at radius 1 is 0.455 bits per heavy atom. The first-order chi connectivity index (χ1) is 36.4. The molecule has 0 saturated carbocycles. The Morgan fingerprint density at radius 2 is 0.896 bits per heavy atom. The van der Waals surface area contributed by atoms with Crippen LogP contribution in [0.2, 0.25) is 0 Å². The highest BCUT2D eigenvalue weighted by molar-refractivity contribution is 7.22. The van der Waals surface area contributed by atoms with E-state index in [2.05, 4.69) is 282 Å². The minimum Gasteiger partial charge on any atom is -0.311 e. The van der Waals surface area contributed by atoms with Crippen LogP contribution in [0.4, 0.5) is 51.2 Å². The standard InChI is InChI=1S/C72H76BN3S/c1-45-36-50(70(9,10)11)37-46(2)66(45)65-39-47-38-58-61(44-64(47)77-65)76(54-32-28-49(29-33-54)69(6,7)8)63-41-55(74(51-22-18-16-19-23-51)52-24-20-17-21-25-52)40-62-67(63)73(58)59-42-56-57(72(14,15)35-34-71(56,12)13)43-60(59)75(62)53-30-26-48(27-31-53)68(3,4)5/h16-33,36-44H,34-35H2,1-15H3. The second-order valence-electron chi connectivity index (χ2n) is 27.1. The normalized spacial score (nSPS) is 15.5. The van der Waals surface area contributed by atoms with Crippen LogP contribution in [-0.2, 0) is 27.1 Å². The van der Waals surface area contributed by atoms with Gasteiger partial charge < -0.3 is 14.7 Å². The summed E-state index contributed by atoms with van der Waals surface area (Å²) in [6, 6.07) is 63.7. The molecule has 3 heterocycles. The van der Waals surface area contributed by atoms with Gasteiger partial charge in [-0.05, 0) is 199 Å². The van der Waals surface area contributed by atoms with Gasteiger partial charge in [0.2, 0.25) is 0 Å². The lowest BCUT2D eigenvalue weighted by Gasteiger charge is -2.47. The highest BCUT2D eigenvalue weighted by Gasteiger charge is 2.47. The Hall–Kier alpha value is -6.82. The molecule has 1 aliphatic carbocycles. The van der Waals surface area contributed by atoms with E-state index in [1.54, 1.807) is 0 Å². The summed E-state index contributed by atoms with van der Waals surface area (Å²) in [4.78, 5) is 9.06. The van der Waals surface area contributed by atoms with Crippen molar-refractivity contribution in [2.75, 3.05) is 14.7 Å². The van der Waals surface area contributed by atoms with Crippen molar-refractivity contribution in [1.29, 1.82) is 0 Å². The lowest BCUT2D eigenvalue weighted by molar-refractivity contribution is 0.332. The first kappa shape index (κ1) is 51.0. The van der Waals surface area contributed by atoms with Crippen LogP contribution in [0.3, 0.4) is 0 Å². The molecule has 0 N–H and O–H groups in total. The van der Waals surface area contributed by atoms with Crippen molar-refractivity contribution in [3.8, 4) is 10.4 Å². The van der Waals surface area contributed by atoms with E-state index < -0.39 is 0 Å². The molecule has 0 fully saturated rings. The van der Waals surface area contributed by atoms with Crippen LogP contribution in [0.25, 0.3) is 20.5 Å². The minimum absolute atomic E-state index is 0.00346. The predicted octanol–water partition coefficient (Wildman–Crippen LogP) is 19.0. The Labute approximate surface area is 464 Å². The SMILES string of the molecule is Cc1cc(C(C)(C)C)cc(C)c1-c1cc2cc3c(cc2s1)N(c1ccc(C(C)(C)C)cc1)c1cc(N(c2ccccc2)c2ccccc2)cc2c1B3c1cc3c(cc1N2c1ccc(C(C)(C)C)cc1)C(C)(C)CCC3(C)C. The molecule has 77 heavy (non-hydrogen) atoms. The summed E-state index contributed by atoms with van der Waals surface area (Å²) < 4.78 is 1.30. The lowest BCUT2D eigenvalue weighted by atomic mass is 9.33. The highest BCUT2D eigenvalue weighted by Crippen LogP contribution is 2.53. The van der Waals surface area contributed by atoms with Crippen LogP contribution in [0.5, 0.6) is 0 Å². The maximum atomic E-state index is 2.68. The summed E-state index contributed by atoms with van der Waals surface area (Å²) in [7, 11) is 0. The number of thiophene rings is 1. The smallest absolute Gasteiger partial charge is 0.252 e. The van der Waals surface area contributed by atoms with Crippen molar-refractivity contribution in [1.82, 2.24) is 0 Å². The fourth-order valence-corrected chi connectivity index (χ4v) is 14.2. The fraction of sp³-hybridized carbons (Fsp3) is 0.306. The summed E-state index contributed by atoms with van der Waals surface area (Å²) in [5.74, 6) is 0. The van der Waals surface area contributed by atoms with Gasteiger partial charge in [-0.3, -0.25) is 0 Å². The molecule has 8 aromatic carbocycles. The van der Waals surface area contributed by atoms with E-state index in [1.165, 1.54) is 104 Å². The van der Waals surface area contributed by atoms with Gasteiger partial charge in [-0.2, -0.15) is 0 Å². The first-order valence-corrected chi connectivity index (χ1v) is 29.0. The average Bonchev–Trinajstić information content (AvgIpc) is 3.95. The molecule has 5 heteroatoms. The van der Waals surface area contributed by atoms with Gasteiger partial charge in [0.15, 0.2) is 0 Å². The summed E-state index contributed by atoms with van der Waals surface area (Å²) in [5, 5.41) is 1.30. The zero-order valence-electron chi connectivity index (χ0n) is 48.3. The van der Waals surface area contributed by atoms with E-state index in [9.17, 15) is 0 Å². The second-order valence-corrected chi connectivity index (χ2v) is 28.2. The second kappa shape index (κ2) is 17.9. The van der Waals surface area contributed by atoms with Gasteiger partial charge in [0.1, 0.15) is 0 Å². The van der Waals surface area contributed by atoms with E-state index in [4.69, 9.17) is 0 Å². The summed E-state index contributed by atoms with van der Waals surface area (Å²) in [6.45, 7) is 35.4. The Bertz CT molecular complexity index is 3700. The van der Waals surface area contributed by atoms with Gasteiger partial charge in [-0.15, -0.1) is 11.3 Å². The summed E-state index contributed by atoms with van der Waals surface area (Å²) in [6.07, 6.45) is 2.29. The third-order valence-corrected chi connectivity index (χ3v) is 18.7. The van der Waals surface area contributed by atoms with Gasteiger partial charge in [-0.25, -0.2) is 0 Å². The number of hydrogen-bond acceptors (Lipinski definition) is 4. The molecule has 1 aromatic heterocycles. The number of aryl methyl sites for hydroxylation is 2. The van der Waals surface area contributed by atoms with E-state index in [-0.39, 0.29) is 33.8 Å². The zero-order valence-corrected chi connectivity index (χ0v) is 49.1. The minimum atomic E-state index is -0.0513. The summed E-state index contributed by atoms with van der Waals surface area (Å²) in [5.41, 5.74) is 25.8. The third kappa shape index (κ3) is 8.63. The molecule has 0 spiro atoms. The van der Waals surface area contributed by atoms with Crippen molar-refractivity contribution >= 4 is 95.7 Å². The Kier molecular flexibility index (Phi) is 11.8. The molecule has 388 valence electrons. The van der Waals surface area contributed by atoms with Gasteiger partial charge in [0, 0.05) is 55.1 Å². The van der Waals surface area contributed by atoms with E-state index in [0.717, 1.165) is 35.6 Å². The van der Waals surface area contributed by atoms with E-state index in [0.29, 0.717) is 0 Å². The van der Waals surface area contributed by atoms with Gasteiger partial charge >= 0.3 is 0 Å². The van der Waals surface area contributed by atoms with Crippen LogP contribution in [0.15, 0.2) is 164 Å². The van der Waals surface area contributed by atoms with Crippen LogP contribution < -0.4 is 31.1 Å². The molecular weight excluding hydrogens is 950 g/mol. The molecule has 3 aliphatic rings. The number of rotatable bonds is 6. The average molecular weight is 1030 g/mol. The molecule has 9 aromatic rings. The van der Waals surface area contributed by atoms with Crippen molar-refractivity contribution in [3.63, 3.8) is 0 Å². The number of nitrogens with zero attached hydrogens (tertiary/aromatic N) is 3. The number of para-hydroxylation sites is 2. The topological polar surface area (TPSA) is 9.72 Å². The molecule has 0 amide bonds. The van der Waals surface area contributed by atoms with E-state index >= 15 is 0 Å². The lowest BCUT2D eigenvalue weighted by Crippen LogP contribution is -2.61. The Morgan fingerprint density at radius 3 is 1.36 bits per heavy atom. The van der Waals surface area contributed by atoms with E-state index in [1.807, 2.05) is 11.3 Å². The van der Waals surface area contributed by atoms with Crippen LogP contribution in [-0.4, -0.2) is 6.71 Å². The monoisotopic (exact) mass is 1030 g/mol. The van der Waals surface area contributed by atoms with Gasteiger partial charge in [0.05, 0.1) is 5.69 Å². The largest absolute Gasteiger partial charge is 0.311 e. The molecule has 0 radical (unpaired) electrons.